The summed E-state index contributed by atoms with van der Waals surface area (Å²) in [5.74, 6) is 0.566. The molecule has 0 aromatic carbocycles. The standard InChI is InChI=1S/C10H18N2O/c1-9(2)10-7-11-12(8-10)5-4-6-13-3/h7-9H,4-6H2,1-3H3. The minimum Gasteiger partial charge on any atom is -0.385 e. The van der Waals surface area contributed by atoms with Crippen molar-refractivity contribution in [3.8, 4) is 0 Å². The molecule has 0 aliphatic heterocycles. The van der Waals surface area contributed by atoms with Gasteiger partial charge in [-0.15, -0.1) is 0 Å². The van der Waals surface area contributed by atoms with E-state index in [2.05, 4.69) is 25.1 Å². The van der Waals surface area contributed by atoms with E-state index in [1.807, 2.05) is 10.9 Å². The molecule has 3 heteroatoms. The summed E-state index contributed by atoms with van der Waals surface area (Å²) in [7, 11) is 1.72. The first kappa shape index (κ1) is 10.3. The van der Waals surface area contributed by atoms with Crippen LogP contribution >= 0.6 is 0 Å². The monoisotopic (exact) mass is 182 g/mol. The molecule has 0 N–H and O–H groups in total. The highest BCUT2D eigenvalue weighted by molar-refractivity contribution is 5.08. The minimum absolute atomic E-state index is 0.566. The van der Waals surface area contributed by atoms with Gasteiger partial charge in [0.25, 0.3) is 0 Å². The number of aromatic nitrogens is 2. The zero-order valence-corrected chi connectivity index (χ0v) is 8.66. The highest BCUT2D eigenvalue weighted by Gasteiger charge is 2.01. The number of rotatable bonds is 5. The molecule has 0 atom stereocenters. The maximum Gasteiger partial charge on any atom is 0.0524 e. The molecule has 1 aromatic rings. The Morgan fingerprint density at radius 3 is 2.85 bits per heavy atom. The molecular weight excluding hydrogens is 164 g/mol. The molecule has 0 radical (unpaired) electrons. The summed E-state index contributed by atoms with van der Waals surface area (Å²) in [6, 6.07) is 0. The predicted octanol–water partition coefficient (Wildman–Crippen LogP) is 2.04. The van der Waals surface area contributed by atoms with Crippen molar-refractivity contribution in [2.24, 2.45) is 0 Å². The second kappa shape index (κ2) is 5.02. The van der Waals surface area contributed by atoms with Crippen LogP contribution in [0, 0.1) is 0 Å². The van der Waals surface area contributed by atoms with Gasteiger partial charge in [0.15, 0.2) is 0 Å². The van der Waals surface area contributed by atoms with E-state index in [0.717, 1.165) is 19.6 Å². The molecule has 0 aliphatic rings. The molecule has 0 saturated heterocycles. The lowest BCUT2D eigenvalue weighted by Crippen LogP contribution is -2.01. The zero-order chi connectivity index (χ0) is 9.68. The maximum atomic E-state index is 4.98. The fourth-order valence-electron chi connectivity index (χ4n) is 1.17. The predicted molar refractivity (Wildman–Crippen MR) is 52.8 cm³/mol. The van der Waals surface area contributed by atoms with Crippen molar-refractivity contribution < 1.29 is 4.74 Å². The molecule has 0 unspecified atom stereocenters. The first-order chi connectivity index (χ1) is 6.24. The second-order valence-electron chi connectivity index (χ2n) is 3.54. The van der Waals surface area contributed by atoms with Gasteiger partial charge in [0.2, 0.25) is 0 Å². The number of hydrogen-bond donors (Lipinski definition) is 0. The van der Waals surface area contributed by atoms with Crippen LogP contribution in [0.5, 0.6) is 0 Å². The zero-order valence-electron chi connectivity index (χ0n) is 8.66. The third-order valence-electron chi connectivity index (χ3n) is 2.06. The van der Waals surface area contributed by atoms with Crippen molar-refractivity contribution in [3.05, 3.63) is 18.0 Å². The van der Waals surface area contributed by atoms with Crippen LogP contribution in [-0.4, -0.2) is 23.5 Å². The summed E-state index contributed by atoms with van der Waals surface area (Å²) < 4.78 is 6.96. The van der Waals surface area contributed by atoms with E-state index < -0.39 is 0 Å². The lowest BCUT2D eigenvalue weighted by atomic mass is 10.1. The van der Waals surface area contributed by atoms with Crippen LogP contribution in [0.4, 0.5) is 0 Å². The molecule has 0 bridgehead atoms. The van der Waals surface area contributed by atoms with Crippen molar-refractivity contribution in [2.75, 3.05) is 13.7 Å². The lowest BCUT2D eigenvalue weighted by molar-refractivity contribution is 0.189. The van der Waals surface area contributed by atoms with E-state index in [0.29, 0.717) is 5.92 Å². The second-order valence-corrected chi connectivity index (χ2v) is 3.54. The minimum atomic E-state index is 0.566. The third-order valence-corrected chi connectivity index (χ3v) is 2.06. The van der Waals surface area contributed by atoms with Crippen LogP contribution < -0.4 is 0 Å². The van der Waals surface area contributed by atoms with E-state index in [1.54, 1.807) is 7.11 Å². The molecule has 0 saturated carbocycles. The van der Waals surface area contributed by atoms with Crippen molar-refractivity contribution >= 4 is 0 Å². The molecule has 0 amide bonds. The average Bonchev–Trinajstić information content (AvgIpc) is 2.53. The van der Waals surface area contributed by atoms with Crippen molar-refractivity contribution in [1.82, 2.24) is 9.78 Å². The number of ether oxygens (including phenoxy) is 1. The van der Waals surface area contributed by atoms with Crippen LogP contribution in [-0.2, 0) is 11.3 Å². The van der Waals surface area contributed by atoms with Crippen molar-refractivity contribution in [2.45, 2.75) is 32.7 Å². The van der Waals surface area contributed by atoms with E-state index in [4.69, 9.17) is 4.74 Å². The SMILES string of the molecule is COCCCn1cc(C(C)C)cn1. The van der Waals surface area contributed by atoms with Gasteiger partial charge >= 0.3 is 0 Å². The van der Waals surface area contributed by atoms with Crippen LogP contribution in [0.25, 0.3) is 0 Å². The summed E-state index contributed by atoms with van der Waals surface area (Å²) in [5.41, 5.74) is 1.30. The highest BCUT2D eigenvalue weighted by atomic mass is 16.5. The smallest absolute Gasteiger partial charge is 0.0524 e. The first-order valence-electron chi connectivity index (χ1n) is 4.75. The summed E-state index contributed by atoms with van der Waals surface area (Å²) in [5, 5.41) is 4.27. The molecule has 3 nitrogen and oxygen atoms in total. The Labute approximate surface area is 79.7 Å². The van der Waals surface area contributed by atoms with Gasteiger partial charge in [0, 0.05) is 26.5 Å². The van der Waals surface area contributed by atoms with Crippen molar-refractivity contribution in [3.63, 3.8) is 0 Å². The van der Waals surface area contributed by atoms with Crippen LogP contribution in [0.3, 0.4) is 0 Å². The van der Waals surface area contributed by atoms with Gasteiger partial charge in [-0.1, -0.05) is 13.8 Å². The van der Waals surface area contributed by atoms with Crippen LogP contribution in [0.15, 0.2) is 12.4 Å². The average molecular weight is 182 g/mol. The van der Waals surface area contributed by atoms with Crippen LogP contribution in [0.2, 0.25) is 0 Å². The molecule has 13 heavy (non-hydrogen) atoms. The summed E-state index contributed by atoms with van der Waals surface area (Å²) >= 11 is 0. The van der Waals surface area contributed by atoms with Gasteiger partial charge in [-0.2, -0.15) is 5.10 Å². The van der Waals surface area contributed by atoms with E-state index in [1.165, 1.54) is 5.56 Å². The highest BCUT2D eigenvalue weighted by Crippen LogP contribution is 2.12. The van der Waals surface area contributed by atoms with Gasteiger partial charge in [-0.3, -0.25) is 4.68 Å². The molecule has 1 aromatic heterocycles. The third kappa shape index (κ3) is 3.19. The Kier molecular flexibility index (Phi) is 3.96. The Bertz CT molecular complexity index is 243. The Hall–Kier alpha value is -0.830. The number of nitrogens with zero attached hydrogens (tertiary/aromatic N) is 2. The van der Waals surface area contributed by atoms with E-state index in [-0.39, 0.29) is 0 Å². The van der Waals surface area contributed by atoms with Crippen LogP contribution in [0.1, 0.15) is 31.7 Å². The van der Waals surface area contributed by atoms with Gasteiger partial charge in [0.05, 0.1) is 6.20 Å². The summed E-state index contributed by atoms with van der Waals surface area (Å²) in [6.07, 6.45) is 5.08. The fraction of sp³-hybridized carbons (Fsp3) is 0.700. The Balaban J connectivity index is 2.40. The molecule has 1 rings (SSSR count). The molecule has 74 valence electrons. The number of hydrogen-bond acceptors (Lipinski definition) is 2. The lowest BCUT2D eigenvalue weighted by Gasteiger charge is -2.00. The van der Waals surface area contributed by atoms with Gasteiger partial charge in [-0.25, -0.2) is 0 Å². The van der Waals surface area contributed by atoms with Gasteiger partial charge in [0.1, 0.15) is 0 Å². The molecular formula is C10H18N2O. The van der Waals surface area contributed by atoms with Crippen molar-refractivity contribution in [1.29, 1.82) is 0 Å². The normalized spacial score (nSPS) is 11.1. The first-order valence-corrected chi connectivity index (χ1v) is 4.75. The molecule has 1 heterocycles. The topological polar surface area (TPSA) is 27.1 Å². The molecule has 0 spiro atoms. The Morgan fingerprint density at radius 1 is 1.54 bits per heavy atom. The fourth-order valence-corrected chi connectivity index (χ4v) is 1.17. The molecule has 0 aliphatic carbocycles. The Morgan fingerprint density at radius 2 is 2.31 bits per heavy atom. The number of methoxy groups -OCH3 is 1. The largest absolute Gasteiger partial charge is 0.385 e. The molecule has 0 fully saturated rings. The van der Waals surface area contributed by atoms with Gasteiger partial charge < -0.3 is 4.74 Å². The van der Waals surface area contributed by atoms with E-state index >= 15 is 0 Å². The quantitative estimate of drug-likeness (QED) is 0.652. The van der Waals surface area contributed by atoms with E-state index in [9.17, 15) is 0 Å². The summed E-state index contributed by atoms with van der Waals surface area (Å²) in [6.45, 7) is 6.10. The number of aryl methyl sites for hydroxylation is 1. The van der Waals surface area contributed by atoms with Gasteiger partial charge in [-0.05, 0) is 17.9 Å². The maximum absolute atomic E-state index is 4.98. The summed E-state index contributed by atoms with van der Waals surface area (Å²) in [4.78, 5) is 0.